The van der Waals surface area contributed by atoms with Crippen LogP contribution >= 0.6 is 0 Å². The number of hydrogen-bond donors (Lipinski definition) is 0. The fraction of sp³-hybridized carbons (Fsp3) is 0.722. The molecule has 0 aromatic carbocycles. The molecule has 1 atom stereocenters. The normalized spacial score (nSPS) is 18.1. The Kier molecular flexibility index (Phi) is 6.37. The average Bonchev–Trinajstić information content (AvgIpc) is 2.58. The van der Waals surface area contributed by atoms with Crippen molar-refractivity contribution in [3.8, 4) is 0 Å². The predicted molar refractivity (Wildman–Crippen MR) is 93.9 cm³/mol. The maximum absolute atomic E-state index is 12.9. The second-order valence-electron chi connectivity index (χ2n) is 6.49. The number of amides is 1. The van der Waals surface area contributed by atoms with Crippen molar-refractivity contribution in [3.05, 3.63) is 17.6 Å². The number of aryl methyl sites for hydroxylation is 1. The Labute approximate surface area is 140 Å². The Balaban J connectivity index is 2.21. The van der Waals surface area contributed by atoms with E-state index in [1.165, 1.54) is 6.42 Å². The standard InChI is InChI=1S/C18H30N4O/c1-5-7-11-21(4)17-13-16(19-14(3)20-17)18(23)22-12-9-8-10-15(22)6-2/h13,15H,5-12H2,1-4H3. The Morgan fingerprint density at radius 1 is 1.35 bits per heavy atom. The molecular weight excluding hydrogens is 288 g/mol. The Bertz CT molecular complexity index is 532. The number of carbonyl (C=O) groups is 1. The van der Waals surface area contributed by atoms with Gasteiger partial charge in [-0.15, -0.1) is 0 Å². The molecule has 128 valence electrons. The Hall–Kier alpha value is -1.65. The highest BCUT2D eigenvalue weighted by Gasteiger charge is 2.27. The van der Waals surface area contributed by atoms with Gasteiger partial charge in [0.2, 0.25) is 0 Å². The first-order chi connectivity index (χ1) is 11.1. The number of nitrogens with zero attached hydrogens (tertiary/aromatic N) is 4. The molecule has 0 N–H and O–H groups in total. The van der Waals surface area contributed by atoms with Gasteiger partial charge in [-0.1, -0.05) is 20.3 Å². The lowest BCUT2D eigenvalue weighted by molar-refractivity contribution is 0.0601. The van der Waals surface area contributed by atoms with Crippen molar-refractivity contribution in [2.75, 3.05) is 25.0 Å². The fourth-order valence-corrected chi connectivity index (χ4v) is 3.21. The van der Waals surface area contributed by atoms with Gasteiger partial charge in [0, 0.05) is 32.2 Å². The van der Waals surface area contributed by atoms with Crippen LogP contribution in [0.15, 0.2) is 6.07 Å². The van der Waals surface area contributed by atoms with E-state index in [0.29, 0.717) is 17.6 Å². The van der Waals surface area contributed by atoms with Gasteiger partial charge >= 0.3 is 0 Å². The molecule has 0 radical (unpaired) electrons. The highest BCUT2D eigenvalue weighted by molar-refractivity contribution is 5.93. The molecule has 1 saturated heterocycles. The molecule has 5 heteroatoms. The number of piperidine rings is 1. The number of anilines is 1. The molecule has 2 heterocycles. The van der Waals surface area contributed by atoms with Crippen molar-refractivity contribution in [3.63, 3.8) is 0 Å². The summed E-state index contributed by atoms with van der Waals surface area (Å²) in [5.41, 5.74) is 0.538. The van der Waals surface area contributed by atoms with Crippen molar-refractivity contribution in [1.29, 1.82) is 0 Å². The van der Waals surface area contributed by atoms with Gasteiger partial charge < -0.3 is 9.80 Å². The quantitative estimate of drug-likeness (QED) is 0.806. The lowest BCUT2D eigenvalue weighted by atomic mass is 9.99. The van der Waals surface area contributed by atoms with Crippen LogP contribution in [-0.2, 0) is 0 Å². The summed E-state index contributed by atoms with van der Waals surface area (Å²) in [4.78, 5) is 26.0. The summed E-state index contributed by atoms with van der Waals surface area (Å²) < 4.78 is 0. The van der Waals surface area contributed by atoms with E-state index >= 15 is 0 Å². The third-order valence-electron chi connectivity index (χ3n) is 4.64. The summed E-state index contributed by atoms with van der Waals surface area (Å²) >= 11 is 0. The highest BCUT2D eigenvalue weighted by Crippen LogP contribution is 2.22. The predicted octanol–water partition coefficient (Wildman–Crippen LogP) is 3.43. The summed E-state index contributed by atoms with van der Waals surface area (Å²) in [6.45, 7) is 7.99. The van der Waals surface area contributed by atoms with E-state index in [9.17, 15) is 4.79 Å². The molecule has 2 rings (SSSR count). The van der Waals surface area contributed by atoms with Crippen LogP contribution in [0.3, 0.4) is 0 Å². The van der Waals surface area contributed by atoms with E-state index in [1.807, 2.05) is 24.9 Å². The van der Waals surface area contributed by atoms with Crippen molar-refractivity contribution in [2.24, 2.45) is 0 Å². The summed E-state index contributed by atoms with van der Waals surface area (Å²) in [7, 11) is 2.03. The molecule has 0 bridgehead atoms. The van der Waals surface area contributed by atoms with Crippen LogP contribution in [0.2, 0.25) is 0 Å². The number of unbranched alkanes of at least 4 members (excludes halogenated alkanes) is 1. The molecule has 1 fully saturated rings. The summed E-state index contributed by atoms with van der Waals surface area (Å²) in [5, 5.41) is 0. The van der Waals surface area contributed by atoms with Crippen molar-refractivity contribution >= 4 is 11.7 Å². The third kappa shape index (κ3) is 4.43. The molecule has 0 saturated carbocycles. The Morgan fingerprint density at radius 3 is 2.83 bits per heavy atom. The summed E-state index contributed by atoms with van der Waals surface area (Å²) in [6.07, 6.45) is 6.69. The molecule has 5 nitrogen and oxygen atoms in total. The maximum atomic E-state index is 12.9. The summed E-state index contributed by atoms with van der Waals surface area (Å²) in [6, 6.07) is 2.21. The van der Waals surface area contributed by atoms with E-state index in [1.54, 1.807) is 0 Å². The first-order valence-corrected chi connectivity index (χ1v) is 8.94. The van der Waals surface area contributed by atoms with Crippen LogP contribution in [0.5, 0.6) is 0 Å². The fourth-order valence-electron chi connectivity index (χ4n) is 3.21. The van der Waals surface area contributed by atoms with Gasteiger partial charge in [0.15, 0.2) is 0 Å². The molecule has 0 aliphatic carbocycles. The number of likely N-dealkylation sites (tertiary alicyclic amines) is 1. The first-order valence-electron chi connectivity index (χ1n) is 8.94. The topological polar surface area (TPSA) is 49.3 Å². The average molecular weight is 318 g/mol. The minimum atomic E-state index is 0.0622. The SMILES string of the molecule is CCCCN(C)c1cc(C(=O)N2CCCCC2CC)nc(C)n1. The van der Waals surface area contributed by atoms with E-state index in [2.05, 4.69) is 28.7 Å². The van der Waals surface area contributed by atoms with E-state index in [4.69, 9.17) is 0 Å². The molecule has 1 aromatic rings. The van der Waals surface area contributed by atoms with Crippen LogP contribution in [0, 0.1) is 6.92 Å². The van der Waals surface area contributed by atoms with Crippen molar-refractivity contribution < 1.29 is 4.79 Å². The van der Waals surface area contributed by atoms with Gasteiger partial charge in [0.25, 0.3) is 5.91 Å². The molecule has 1 aliphatic heterocycles. The number of hydrogen-bond acceptors (Lipinski definition) is 4. The molecule has 1 aliphatic rings. The first kappa shape index (κ1) is 17.7. The van der Waals surface area contributed by atoms with Gasteiger partial charge in [0.1, 0.15) is 17.3 Å². The minimum absolute atomic E-state index is 0.0622. The zero-order valence-electron chi connectivity index (χ0n) is 15.0. The molecule has 1 unspecified atom stereocenters. The zero-order chi connectivity index (χ0) is 16.8. The second kappa shape index (κ2) is 8.27. The lowest BCUT2D eigenvalue weighted by Crippen LogP contribution is -2.43. The zero-order valence-corrected chi connectivity index (χ0v) is 15.0. The van der Waals surface area contributed by atoms with Crippen LogP contribution in [0.1, 0.15) is 68.7 Å². The highest BCUT2D eigenvalue weighted by atomic mass is 16.2. The van der Waals surface area contributed by atoms with Crippen LogP contribution in [-0.4, -0.2) is 47.0 Å². The summed E-state index contributed by atoms with van der Waals surface area (Å²) in [5.74, 6) is 1.57. The molecule has 0 spiro atoms. The number of rotatable bonds is 6. The monoisotopic (exact) mass is 318 g/mol. The van der Waals surface area contributed by atoms with E-state index < -0.39 is 0 Å². The van der Waals surface area contributed by atoms with Crippen LogP contribution in [0.4, 0.5) is 5.82 Å². The van der Waals surface area contributed by atoms with Gasteiger partial charge in [-0.25, -0.2) is 9.97 Å². The Morgan fingerprint density at radius 2 is 2.13 bits per heavy atom. The molecule has 1 amide bonds. The van der Waals surface area contributed by atoms with Crippen molar-refractivity contribution in [2.45, 2.75) is 65.3 Å². The van der Waals surface area contributed by atoms with Gasteiger partial charge in [-0.3, -0.25) is 4.79 Å². The minimum Gasteiger partial charge on any atom is -0.360 e. The van der Waals surface area contributed by atoms with Gasteiger partial charge in [0.05, 0.1) is 0 Å². The number of aromatic nitrogens is 2. The largest absolute Gasteiger partial charge is 0.360 e. The number of carbonyl (C=O) groups excluding carboxylic acids is 1. The molecule has 1 aromatic heterocycles. The lowest BCUT2D eigenvalue weighted by Gasteiger charge is -2.35. The van der Waals surface area contributed by atoms with Crippen LogP contribution in [0.25, 0.3) is 0 Å². The smallest absolute Gasteiger partial charge is 0.272 e. The van der Waals surface area contributed by atoms with E-state index in [0.717, 1.165) is 51.0 Å². The van der Waals surface area contributed by atoms with Crippen LogP contribution < -0.4 is 4.90 Å². The van der Waals surface area contributed by atoms with E-state index in [-0.39, 0.29) is 5.91 Å². The molecule has 23 heavy (non-hydrogen) atoms. The molecular formula is C18H30N4O. The van der Waals surface area contributed by atoms with Gasteiger partial charge in [-0.2, -0.15) is 0 Å². The van der Waals surface area contributed by atoms with Gasteiger partial charge in [-0.05, 0) is 39.0 Å². The third-order valence-corrected chi connectivity index (χ3v) is 4.64. The van der Waals surface area contributed by atoms with Crippen molar-refractivity contribution in [1.82, 2.24) is 14.9 Å². The maximum Gasteiger partial charge on any atom is 0.272 e. The second-order valence-corrected chi connectivity index (χ2v) is 6.49.